The van der Waals surface area contributed by atoms with Crippen LogP contribution in [0.15, 0.2) is 42.5 Å². The highest BCUT2D eigenvalue weighted by Gasteiger charge is 2.05. The van der Waals surface area contributed by atoms with E-state index in [1.54, 1.807) is 26.4 Å². The first-order chi connectivity index (χ1) is 11.1. The van der Waals surface area contributed by atoms with E-state index in [1.807, 2.05) is 30.3 Å². The number of benzene rings is 2. The minimum atomic E-state index is -1.14. The lowest BCUT2D eigenvalue weighted by Gasteiger charge is -2.09. The second-order valence-corrected chi connectivity index (χ2v) is 5.21. The fourth-order valence-corrected chi connectivity index (χ4v) is 2.35. The van der Waals surface area contributed by atoms with E-state index in [2.05, 4.69) is 5.32 Å². The second-order valence-electron chi connectivity index (χ2n) is 5.21. The van der Waals surface area contributed by atoms with E-state index >= 15 is 0 Å². The summed E-state index contributed by atoms with van der Waals surface area (Å²) in [6.07, 6.45) is 0.914. The summed E-state index contributed by atoms with van der Waals surface area (Å²) in [6.45, 7) is 1.73. The van der Waals surface area contributed by atoms with Crippen molar-refractivity contribution in [3.63, 3.8) is 0 Å². The Morgan fingerprint density at radius 3 is 2.26 bits per heavy atom. The van der Waals surface area contributed by atoms with Gasteiger partial charge in [-0.15, -0.1) is 0 Å². The van der Waals surface area contributed by atoms with Gasteiger partial charge >= 0.3 is 0 Å². The van der Waals surface area contributed by atoms with Gasteiger partial charge in [-0.25, -0.2) is 0 Å². The van der Waals surface area contributed by atoms with E-state index in [0.29, 0.717) is 0 Å². The summed E-state index contributed by atoms with van der Waals surface area (Å²) in [5.74, 6) is 0.324. The average molecular weight is 315 g/mol. The van der Waals surface area contributed by atoms with Crippen LogP contribution in [0.2, 0.25) is 0 Å². The van der Waals surface area contributed by atoms with Crippen molar-refractivity contribution >= 4 is 5.97 Å². The van der Waals surface area contributed by atoms with Crippen molar-refractivity contribution in [2.24, 2.45) is 0 Å². The van der Waals surface area contributed by atoms with Crippen molar-refractivity contribution in [3.05, 3.63) is 59.2 Å². The molecule has 5 heteroatoms. The number of ether oxygens (including phenoxy) is 2. The molecule has 0 bridgehead atoms. The minimum absolute atomic E-state index is 0.207. The van der Waals surface area contributed by atoms with E-state index in [4.69, 9.17) is 9.47 Å². The number of carbonyl (C=O) groups excluding carboxylic acids is 1. The molecule has 122 valence electrons. The summed E-state index contributed by atoms with van der Waals surface area (Å²) >= 11 is 0. The van der Waals surface area contributed by atoms with Crippen LogP contribution in [0.4, 0.5) is 0 Å². The van der Waals surface area contributed by atoms with Crippen molar-refractivity contribution < 1.29 is 24.7 Å². The van der Waals surface area contributed by atoms with Crippen LogP contribution in [-0.2, 0) is 13.0 Å². The molecule has 0 saturated heterocycles. The van der Waals surface area contributed by atoms with Gasteiger partial charge in [0.25, 0.3) is 0 Å². The molecular formula is C18H21NO4. The Balaban J connectivity index is 1.82. The average Bonchev–Trinajstić information content (AvgIpc) is 2.58. The van der Waals surface area contributed by atoms with E-state index < -0.39 is 5.97 Å². The molecule has 0 unspecified atom stereocenters. The Morgan fingerprint density at radius 1 is 1.00 bits per heavy atom. The lowest BCUT2D eigenvalue weighted by molar-refractivity contribution is -0.670. The minimum Gasteiger partial charge on any atom is -0.545 e. The van der Waals surface area contributed by atoms with Crippen LogP contribution in [0, 0.1) is 0 Å². The van der Waals surface area contributed by atoms with Gasteiger partial charge in [0.2, 0.25) is 0 Å². The lowest BCUT2D eigenvalue weighted by Crippen LogP contribution is -2.83. The molecule has 0 atom stereocenters. The molecule has 0 aliphatic carbocycles. The Kier molecular flexibility index (Phi) is 6.00. The second kappa shape index (κ2) is 8.19. The van der Waals surface area contributed by atoms with Crippen molar-refractivity contribution in [2.45, 2.75) is 13.0 Å². The number of rotatable bonds is 8. The molecule has 5 nitrogen and oxygen atoms in total. The molecule has 0 aromatic heterocycles. The molecule has 0 aliphatic heterocycles. The van der Waals surface area contributed by atoms with Gasteiger partial charge in [0.15, 0.2) is 11.5 Å². The SMILES string of the molecule is COc1ccc(CC[NH2+]Cc2ccc(C(=O)[O-])cc2)cc1OC. The van der Waals surface area contributed by atoms with Crippen LogP contribution in [-0.4, -0.2) is 26.7 Å². The van der Waals surface area contributed by atoms with Crippen molar-refractivity contribution in [2.75, 3.05) is 20.8 Å². The van der Waals surface area contributed by atoms with Crippen LogP contribution >= 0.6 is 0 Å². The number of methoxy groups -OCH3 is 2. The Labute approximate surface area is 135 Å². The summed E-state index contributed by atoms with van der Waals surface area (Å²) in [4.78, 5) is 10.7. The van der Waals surface area contributed by atoms with Gasteiger partial charge in [-0.05, 0) is 23.3 Å². The Bertz CT molecular complexity index is 653. The van der Waals surface area contributed by atoms with Gasteiger partial charge in [-0.1, -0.05) is 30.3 Å². The molecule has 0 amide bonds. The van der Waals surface area contributed by atoms with Crippen LogP contribution in [0.3, 0.4) is 0 Å². The molecule has 0 radical (unpaired) electrons. The number of carboxylic acid groups (broad SMARTS) is 1. The first-order valence-electron chi connectivity index (χ1n) is 7.47. The van der Waals surface area contributed by atoms with Crippen molar-refractivity contribution in [3.8, 4) is 11.5 Å². The summed E-state index contributed by atoms with van der Waals surface area (Å²) < 4.78 is 10.5. The predicted octanol–water partition coefficient (Wildman–Crippen LogP) is 0.373. The molecule has 0 saturated carbocycles. The highest BCUT2D eigenvalue weighted by Crippen LogP contribution is 2.27. The number of carbonyl (C=O) groups is 1. The standard InChI is InChI=1S/C18H21NO4/c1-22-16-8-5-13(11-17(16)23-2)9-10-19-12-14-3-6-15(7-4-14)18(20)21/h3-8,11,19H,9-10,12H2,1-2H3,(H,20,21). The molecule has 23 heavy (non-hydrogen) atoms. The number of carboxylic acids is 1. The third kappa shape index (κ3) is 4.72. The number of hydrogen-bond acceptors (Lipinski definition) is 4. The monoisotopic (exact) mass is 315 g/mol. The van der Waals surface area contributed by atoms with Gasteiger partial charge in [0, 0.05) is 12.0 Å². The topological polar surface area (TPSA) is 75.2 Å². The number of hydrogen-bond donors (Lipinski definition) is 1. The maximum Gasteiger partial charge on any atom is 0.160 e. The molecule has 2 aromatic rings. The molecule has 0 heterocycles. The lowest BCUT2D eigenvalue weighted by atomic mass is 10.1. The summed E-state index contributed by atoms with van der Waals surface area (Å²) in [5, 5.41) is 12.9. The summed E-state index contributed by atoms with van der Waals surface area (Å²) in [7, 11) is 3.25. The van der Waals surface area contributed by atoms with E-state index in [9.17, 15) is 9.90 Å². The Hall–Kier alpha value is -2.53. The zero-order chi connectivity index (χ0) is 16.7. The quantitative estimate of drug-likeness (QED) is 0.714. The van der Waals surface area contributed by atoms with E-state index in [0.717, 1.165) is 36.6 Å². The summed E-state index contributed by atoms with van der Waals surface area (Å²) in [6, 6.07) is 12.7. The van der Waals surface area contributed by atoms with Crippen molar-refractivity contribution in [1.82, 2.24) is 0 Å². The highest BCUT2D eigenvalue weighted by molar-refractivity contribution is 5.85. The Morgan fingerprint density at radius 2 is 1.65 bits per heavy atom. The summed E-state index contributed by atoms with van der Waals surface area (Å²) in [5.41, 5.74) is 2.48. The third-order valence-corrected chi connectivity index (χ3v) is 3.65. The predicted molar refractivity (Wildman–Crippen MR) is 84.5 cm³/mol. The highest BCUT2D eigenvalue weighted by atomic mass is 16.5. The van der Waals surface area contributed by atoms with Gasteiger partial charge < -0.3 is 24.7 Å². The largest absolute Gasteiger partial charge is 0.545 e. The van der Waals surface area contributed by atoms with Crippen LogP contribution in [0.5, 0.6) is 11.5 Å². The zero-order valence-electron chi connectivity index (χ0n) is 13.4. The fraction of sp³-hybridized carbons (Fsp3) is 0.278. The molecule has 0 fully saturated rings. The first-order valence-corrected chi connectivity index (χ1v) is 7.47. The molecule has 0 spiro atoms. The molecule has 2 aromatic carbocycles. The molecule has 0 aliphatic rings. The van der Waals surface area contributed by atoms with Crippen LogP contribution < -0.4 is 19.9 Å². The molecule has 2 rings (SSSR count). The number of quaternary nitrogens is 1. The van der Waals surface area contributed by atoms with Gasteiger partial charge in [-0.3, -0.25) is 0 Å². The van der Waals surface area contributed by atoms with Crippen molar-refractivity contribution in [1.29, 1.82) is 0 Å². The van der Waals surface area contributed by atoms with Gasteiger partial charge in [0.1, 0.15) is 6.54 Å². The van der Waals surface area contributed by atoms with Crippen LogP contribution in [0.25, 0.3) is 0 Å². The smallest absolute Gasteiger partial charge is 0.160 e. The van der Waals surface area contributed by atoms with E-state index in [-0.39, 0.29) is 5.56 Å². The van der Waals surface area contributed by atoms with Gasteiger partial charge in [-0.2, -0.15) is 0 Å². The number of nitrogens with two attached hydrogens (primary N) is 1. The van der Waals surface area contributed by atoms with Crippen LogP contribution in [0.1, 0.15) is 21.5 Å². The maximum absolute atomic E-state index is 10.7. The zero-order valence-corrected chi connectivity index (χ0v) is 13.4. The fourth-order valence-electron chi connectivity index (χ4n) is 2.35. The molecule has 2 N–H and O–H groups in total. The molecular weight excluding hydrogens is 294 g/mol. The van der Waals surface area contributed by atoms with Gasteiger partial charge in [0.05, 0.1) is 26.7 Å². The normalized spacial score (nSPS) is 10.3. The number of aromatic carboxylic acids is 1. The first kappa shape index (κ1) is 16.8. The van der Waals surface area contributed by atoms with E-state index in [1.165, 1.54) is 5.56 Å². The third-order valence-electron chi connectivity index (χ3n) is 3.65. The maximum atomic E-state index is 10.7.